The largest absolute Gasteiger partial charge is 0.389 e. The molecule has 0 aliphatic rings. The lowest BCUT2D eigenvalue weighted by atomic mass is 10.1. The molecule has 1 aromatic carbocycles. The molecule has 16 heavy (non-hydrogen) atoms. The topological polar surface area (TPSA) is 32.3 Å². The second-order valence-electron chi connectivity index (χ2n) is 4.04. The Hall–Kier alpha value is -0.810. The van der Waals surface area contributed by atoms with Crippen LogP contribution in [0.25, 0.3) is 0 Å². The first-order valence-electron chi connectivity index (χ1n) is 4.88. The fourth-order valence-electron chi connectivity index (χ4n) is 1.12. The van der Waals surface area contributed by atoms with Gasteiger partial charge in [0.2, 0.25) is 0 Å². The molecule has 0 fully saturated rings. The molecular formula is C11H15F2NOS. The Morgan fingerprint density at radius 1 is 1.38 bits per heavy atom. The summed E-state index contributed by atoms with van der Waals surface area (Å²) in [6, 6.07) is 6.82. The van der Waals surface area contributed by atoms with Crippen molar-refractivity contribution >= 4 is 17.4 Å². The maximum absolute atomic E-state index is 12.3. The molecule has 0 amide bonds. The molecule has 2 N–H and O–H groups in total. The van der Waals surface area contributed by atoms with Gasteiger partial charge in [0, 0.05) is 17.1 Å². The van der Waals surface area contributed by atoms with Gasteiger partial charge in [0.25, 0.3) is 5.76 Å². The Balaban J connectivity index is 2.71. The lowest BCUT2D eigenvalue weighted by Crippen LogP contribution is -2.29. The van der Waals surface area contributed by atoms with E-state index >= 15 is 0 Å². The molecule has 1 aromatic rings. The number of hydrogen-bond donors (Lipinski definition) is 2. The fraction of sp³-hybridized carbons (Fsp3) is 0.455. The number of nitrogens with one attached hydrogen (secondary N) is 1. The van der Waals surface area contributed by atoms with E-state index < -0.39 is 11.4 Å². The molecule has 0 saturated carbocycles. The minimum atomic E-state index is -2.44. The molecule has 2 nitrogen and oxygen atoms in total. The minimum absolute atomic E-state index is 0.313. The Morgan fingerprint density at radius 2 is 2.00 bits per heavy atom. The monoisotopic (exact) mass is 247 g/mol. The molecule has 0 bridgehead atoms. The quantitative estimate of drug-likeness (QED) is 0.784. The number of rotatable bonds is 5. The average molecular weight is 247 g/mol. The third-order valence-corrected chi connectivity index (χ3v) is 2.60. The van der Waals surface area contributed by atoms with Gasteiger partial charge in [0.05, 0.1) is 5.60 Å². The van der Waals surface area contributed by atoms with Gasteiger partial charge in [-0.3, -0.25) is 0 Å². The van der Waals surface area contributed by atoms with E-state index in [1.165, 1.54) is 0 Å². The molecule has 0 aromatic heterocycles. The Bertz CT molecular complexity index is 339. The van der Waals surface area contributed by atoms with Crippen LogP contribution in [0.15, 0.2) is 29.2 Å². The summed E-state index contributed by atoms with van der Waals surface area (Å²) in [5, 5.41) is 12.5. The van der Waals surface area contributed by atoms with Crippen molar-refractivity contribution in [2.75, 3.05) is 11.9 Å². The van der Waals surface area contributed by atoms with Gasteiger partial charge in [-0.2, -0.15) is 8.78 Å². The molecule has 0 radical (unpaired) electrons. The van der Waals surface area contributed by atoms with Crippen LogP contribution >= 0.6 is 11.8 Å². The normalized spacial score (nSPS) is 11.9. The minimum Gasteiger partial charge on any atom is -0.389 e. The summed E-state index contributed by atoms with van der Waals surface area (Å²) in [6.45, 7) is 3.62. The zero-order valence-corrected chi connectivity index (χ0v) is 10.0. The second-order valence-corrected chi connectivity index (χ2v) is 5.07. The van der Waals surface area contributed by atoms with Crippen LogP contribution in [0.1, 0.15) is 13.8 Å². The Labute approximate surface area is 98.1 Å². The van der Waals surface area contributed by atoms with Crippen molar-refractivity contribution in [2.24, 2.45) is 0 Å². The molecule has 0 aliphatic carbocycles. The van der Waals surface area contributed by atoms with Crippen LogP contribution in [0.3, 0.4) is 0 Å². The molecule has 90 valence electrons. The molecular weight excluding hydrogens is 232 g/mol. The number of thioether (sulfide) groups is 1. The summed E-state index contributed by atoms with van der Waals surface area (Å²) in [5.41, 5.74) is -0.252. The zero-order chi connectivity index (χ0) is 12.2. The number of halogens is 2. The van der Waals surface area contributed by atoms with Crippen LogP contribution in [0, 0.1) is 0 Å². The number of para-hydroxylation sites is 1. The van der Waals surface area contributed by atoms with Crippen molar-refractivity contribution in [1.82, 2.24) is 0 Å². The van der Waals surface area contributed by atoms with Crippen LogP contribution in [0.4, 0.5) is 14.5 Å². The number of alkyl halides is 2. The maximum Gasteiger partial charge on any atom is 0.288 e. The number of benzene rings is 1. The number of hydrogen-bond acceptors (Lipinski definition) is 3. The molecule has 0 heterocycles. The summed E-state index contributed by atoms with van der Waals surface area (Å²) in [7, 11) is 0. The number of anilines is 1. The van der Waals surface area contributed by atoms with Crippen LogP contribution in [0.5, 0.6) is 0 Å². The summed E-state index contributed by atoms with van der Waals surface area (Å²) in [4.78, 5) is 0.488. The first kappa shape index (κ1) is 13.3. The van der Waals surface area contributed by atoms with E-state index in [2.05, 4.69) is 5.32 Å². The first-order valence-corrected chi connectivity index (χ1v) is 5.76. The van der Waals surface area contributed by atoms with E-state index in [1.807, 2.05) is 0 Å². The van der Waals surface area contributed by atoms with Crippen LogP contribution in [-0.2, 0) is 0 Å². The van der Waals surface area contributed by atoms with Gasteiger partial charge in [0.1, 0.15) is 0 Å². The average Bonchev–Trinajstić information content (AvgIpc) is 2.14. The van der Waals surface area contributed by atoms with Gasteiger partial charge in [-0.1, -0.05) is 23.9 Å². The highest BCUT2D eigenvalue weighted by atomic mass is 32.2. The van der Waals surface area contributed by atoms with E-state index in [4.69, 9.17) is 0 Å². The van der Waals surface area contributed by atoms with Crippen LogP contribution in [-0.4, -0.2) is 23.0 Å². The van der Waals surface area contributed by atoms with Crippen LogP contribution < -0.4 is 5.32 Å². The van der Waals surface area contributed by atoms with E-state index in [0.717, 1.165) is 0 Å². The first-order chi connectivity index (χ1) is 7.38. The van der Waals surface area contributed by atoms with Gasteiger partial charge in [0.15, 0.2) is 0 Å². The molecule has 0 aliphatic heterocycles. The highest BCUT2D eigenvalue weighted by molar-refractivity contribution is 7.99. The summed E-state index contributed by atoms with van der Waals surface area (Å²) >= 11 is 0.498. The van der Waals surface area contributed by atoms with Gasteiger partial charge < -0.3 is 10.4 Å². The van der Waals surface area contributed by atoms with E-state index in [0.29, 0.717) is 28.9 Å². The van der Waals surface area contributed by atoms with Crippen molar-refractivity contribution in [1.29, 1.82) is 0 Å². The van der Waals surface area contributed by atoms with Crippen LogP contribution in [0.2, 0.25) is 0 Å². The molecule has 1 rings (SSSR count). The van der Waals surface area contributed by atoms with Crippen molar-refractivity contribution in [2.45, 2.75) is 30.1 Å². The predicted octanol–water partition coefficient (Wildman–Crippen LogP) is 3.18. The molecule has 0 spiro atoms. The molecule has 0 unspecified atom stereocenters. The fourth-order valence-corrected chi connectivity index (χ4v) is 1.74. The highest BCUT2D eigenvalue weighted by Crippen LogP contribution is 2.31. The summed E-state index contributed by atoms with van der Waals surface area (Å²) < 4.78 is 24.5. The van der Waals surface area contributed by atoms with E-state index in [-0.39, 0.29) is 0 Å². The third kappa shape index (κ3) is 4.81. The summed E-state index contributed by atoms with van der Waals surface area (Å²) in [5.74, 6) is -2.44. The Kier molecular flexibility index (Phi) is 4.56. The second kappa shape index (κ2) is 5.50. The molecule has 0 atom stereocenters. The van der Waals surface area contributed by atoms with Crippen molar-refractivity contribution in [3.63, 3.8) is 0 Å². The van der Waals surface area contributed by atoms with Gasteiger partial charge in [-0.05, 0) is 26.0 Å². The van der Waals surface area contributed by atoms with Crippen molar-refractivity contribution in [3.05, 3.63) is 24.3 Å². The molecule has 5 heteroatoms. The number of aliphatic hydroxyl groups is 1. The molecule has 0 saturated heterocycles. The van der Waals surface area contributed by atoms with Gasteiger partial charge in [-0.15, -0.1) is 0 Å². The van der Waals surface area contributed by atoms with Crippen molar-refractivity contribution < 1.29 is 13.9 Å². The third-order valence-electron chi connectivity index (χ3n) is 1.81. The van der Waals surface area contributed by atoms with E-state index in [9.17, 15) is 13.9 Å². The van der Waals surface area contributed by atoms with Gasteiger partial charge >= 0.3 is 0 Å². The smallest absolute Gasteiger partial charge is 0.288 e. The standard InChI is InChI=1S/C11H15F2NOS/c1-11(2,15)7-14-8-5-3-4-6-9(8)16-10(12)13/h3-6,10,14-15H,7H2,1-2H3. The van der Waals surface area contributed by atoms with E-state index in [1.54, 1.807) is 38.1 Å². The zero-order valence-electron chi connectivity index (χ0n) is 9.21. The van der Waals surface area contributed by atoms with Gasteiger partial charge in [-0.25, -0.2) is 0 Å². The highest BCUT2D eigenvalue weighted by Gasteiger charge is 2.14. The lowest BCUT2D eigenvalue weighted by Gasteiger charge is -2.19. The Morgan fingerprint density at radius 3 is 2.56 bits per heavy atom. The lowest BCUT2D eigenvalue weighted by molar-refractivity contribution is 0.0945. The van der Waals surface area contributed by atoms with Crippen molar-refractivity contribution in [3.8, 4) is 0 Å². The SMILES string of the molecule is CC(C)(O)CNc1ccccc1SC(F)F. The maximum atomic E-state index is 12.3. The summed E-state index contributed by atoms with van der Waals surface area (Å²) in [6.07, 6.45) is 0. The predicted molar refractivity (Wildman–Crippen MR) is 63.1 cm³/mol.